The predicted molar refractivity (Wildman–Crippen MR) is 42.1 cm³/mol. The summed E-state index contributed by atoms with van der Waals surface area (Å²) in [6.45, 7) is 1.24. The van der Waals surface area contributed by atoms with E-state index in [1.54, 1.807) is 0 Å². The van der Waals surface area contributed by atoms with Gasteiger partial charge in [0.2, 0.25) is 0 Å². The number of rotatable bonds is 1. The molecule has 0 amide bonds. The number of halogens is 1. The van der Waals surface area contributed by atoms with Gasteiger partial charge in [-0.3, -0.25) is 4.79 Å². The molecule has 0 saturated heterocycles. The summed E-state index contributed by atoms with van der Waals surface area (Å²) in [5.74, 6) is 1.16. The Morgan fingerprint density at radius 3 is 2.83 bits per heavy atom. The van der Waals surface area contributed by atoms with E-state index in [1.807, 2.05) is 0 Å². The van der Waals surface area contributed by atoms with E-state index < -0.39 is 11.6 Å². The Labute approximate surface area is 69.4 Å². The highest BCUT2D eigenvalue weighted by Crippen LogP contribution is 2.05. The number of carbonyl (C=O) groups is 1. The van der Waals surface area contributed by atoms with Gasteiger partial charge < -0.3 is 0 Å². The van der Waals surface area contributed by atoms with Crippen LogP contribution in [0.1, 0.15) is 23.1 Å². The summed E-state index contributed by atoms with van der Waals surface area (Å²) in [5, 5.41) is 0. The molecule has 0 saturated carbocycles. The highest BCUT2D eigenvalue weighted by molar-refractivity contribution is 5.92. The molecule has 3 heteroatoms. The molecule has 1 aromatic rings. The topological polar surface area (TPSA) is 30.0 Å². The van der Waals surface area contributed by atoms with E-state index in [-0.39, 0.29) is 11.4 Å². The van der Waals surface area contributed by atoms with Crippen molar-refractivity contribution in [2.75, 3.05) is 0 Å². The zero-order valence-corrected chi connectivity index (χ0v) is 6.47. The zero-order valence-electron chi connectivity index (χ0n) is 6.47. The van der Waals surface area contributed by atoms with Crippen LogP contribution < -0.4 is 0 Å². The molecule has 0 aliphatic carbocycles. The quantitative estimate of drug-likeness (QED) is 0.462. The molecule has 0 aliphatic rings. The molecule has 2 nitrogen and oxygen atoms in total. The predicted octanol–water partition coefficient (Wildman–Crippen LogP) is 1.40. The SMILES string of the molecule is C#Cc1ccc(F)c(C(C)=O)n1. The Morgan fingerprint density at radius 1 is 1.67 bits per heavy atom. The smallest absolute Gasteiger partial charge is 0.181 e. The number of Topliss-reactive ketones (excluding diaryl/α,β-unsaturated/α-hetero) is 1. The van der Waals surface area contributed by atoms with Crippen molar-refractivity contribution in [2.24, 2.45) is 0 Å². The van der Waals surface area contributed by atoms with E-state index in [9.17, 15) is 9.18 Å². The molecule has 1 heterocycles. The summed E-state index contributed by atoms with van der Waals surface area (Å²) in [4.78, 5) is 14.4. The summed E-state index contributed by atoms with van der Waals surface area (Å²) in [7, 11) is 0. The van der Waals surface area contributed by atoms with Gasteiger partial charge in [-0.15, -0.1) is 6.42 Å². The van der Waals surface area contributed by atoms with E-state index in [4.69, 9.17) is 6.42 Å². The van der Waals surface area contributed by atoms with Crippen LogP contribution in [0, 0.1) is 18.2 Å². The fourth-order valence-corrected chi connectivity index (χ4v) is 0.769. The lowest BCUT2D eigenvalue weighted by Crippen LogP contribution is -2.02. The van der Waals surface area contributed by atoms with E-state index in [0.717, 1.165) is 6.07 Å². The summed E-state index contributed by atoms with van der Waals surface area (Å²) >= 11 is 0. The molecular weight excluding hydrogens is 157 g/mol. The summed E-state index contributed by atoms with van der Waals surface area (Å²) < 4.78 is 12.8. The Hall–Kier alpha value is -1.69. The molecule has 0 unspecified atom stereocenters. The van der Waals surface area contributed by atoms with Gasteiger partial charge in [0.1, 0.15) is 11.4 Å². The molecule has 1 rings (SSSR count). The lowest BCUT2D eigenvalue weighted by Gasteiger charge is -1.96. The first-order valence-electron chi connectivity index (χ1n) is 3.29. The van der Waals surface area contributed by atoms with Gasteiger partial charge in [0.05, 0.1) is 0 Å². The molecule has 0 aliphatic heterocycles. The van der Waals surface area contributed by atoms with Crippen LogP contribution in [0.5, 0.6) is 0 Å². The second-order valence-electron chi connectivity index (χ2n) is 2.23. The van der Waals surface area contributed by atoms with Crippen LogP contribution in [-0.4, -0.2) is 10.8 Å². The van der Waals surface area contributed by atoms with Crippen molar-refractivity contribution in [2.45, 2.75) is 6.92 Å². The van der Waals surface area contributed by atoms with Crippen LogP contribution in [0.3, 0.4) is 0 Å². The summed E-state index contributed by atoms with van der Waals surface area (Å²) in [6, 6.07) is 2.49. The zero-order chi connectivity index (χ0) is 9.14. The number of hydrogen-bond donors (Lipinski definition) is 0. The third-order valence-electron chi connectivity index (χ3n) is 1.33. The maximum atomic E-state index is 12.8. The van der Waals surface area contributed by atoms with E-state index in [1.165, 1.54) is 13.0 Å². The van der Waals surface area contributed by atoms with Gasteiger partial charge >= 0.3 is 0 Å². The molecule has 0 atom stereocenters. The Balaban J connectivity index is 3.28. The molecule has 1 aromatic heterocycles. The second-order valence-corrected chi connectivity index (χ2v) is 2.23. The molecule has 0 N–H and O–H groups in total. The molecule has 0 aromatic carbocycles. The lowest BCUT2D eigenvalue weighted by atomic mass is 10.2. The van der Waals surface area contributed by atoms with Crippen molar-refractivity contribution in [1.82, 2.24) is 4.98 Å². The first-order valence-corrected chi connectivity index (χ1v) is 3.29. The normalized spacial score (nSPS) is 9.08. The molecule has 0 radical (unpaired) electrons. The van der Waals surface area contributed by atoms with Crippen molar-refractivity contribution in [3.8, 4) is 12.3 Å². The molecule has 12 heavy (non-hydrogen) atoms. The third kappa shape index (κ3) is 1.48. The van der Waals surface area contributed by atoms with Gasteiger partial charge in [-0.1, -0.05) is 5.92 Å². The number of terminal acetylenes is 1. The number of aromatic nitrogens is 1. The number of hydrogen-bond acceptors (Lipinski definition) is 2. The van der Waals surface area contributed by atoms with Crippen LogP contribution >= 0.6 is 0 Å². The number of ketones is 1. The number of pyridine rings is 1. The van der Waals surface area contributed by atoms with Gasteiger partial charge in [0.25, 0.3) is 0 Å². The highest BCUT2D eigenvalue weighted by Gasteiger charge is 2.08. The average Bonchev–Trinajstić information content (AvgIpc) is 2.05. The van der Waals surface area contributed by atoms with Crippen LogP contribution in [-0.2, 0) is 0 Å². The minimum absolute atomic E-state index is 0.203. The molecule has 0 fully saturated rings. The summed E-state index contributed by atoms with van der Waals surface area (Å²) in [5.41, 5.74) is 0.0621. The Morgan fingerprint density at radius 2 is 2.33 bits per heavy atom. The van der Waals surface area contributed by atoms with Crippen molar-refractivity contribution in [1.29, 1.82) is 0 Å². The van der Waals surface area contributed by atoms with Crippen molar-refractivity contribution in [3.05, 3.63) is 29.3 Å². The van der Waals surface area contributed by atoms with Gasteiger partial charge in [-0.25, -0.2) is 9.37 Å². The van der Waals surface area contributed by atoms with Crippen LogP contribution in [0.4, 0.5) is 4.39 Å². The highest BCUT2D eigenvalue weighted by atomic mass is 19.1. The lowest BCUT2D eigenvalue weighted by molar-refractivity contribution is 0.100. The Kier molecular flexibility index (Phi) is 2.20. The molecule has 0 spiro atoms. The summed E-state index contributed by atoms with van der Waals surface area (Å²) in [6.07, 6.45) is 5.02. The number of carbonyl (C=O) groups excluding carboxylic acids is 1. The van der Waals surface area contributed by atoms with Crippen molar-refractivity contribution in [3.63, 3.8) is 0 Å². The third-order valence-corrected chi connectivity index (χ3v) is 1.33. The van der Waals surface area contributed by atoms with Gasteiger partial charge in [-0.2, -0.15) is 0 Å². The maximum Gasteiger partial charge on any atom is 0.181 e. The van der Waals surface area contributed by atoms with Gasteiger partial charge in [-0.05, 0) is 12.1 Å². The van der Waals surface area contributed by atoms with Crippen LogP contribution in [0.15, 0.2) is 12.1 Å². The first kappa shape index (κ1) is 8.41. The van der Waals surface area contributed by atoms with E-state index >= 15 is 0 Å². The van der Waals surface area contributed by atoms with Crippen molar-refractivity contribution >= 4 is 5.78 Å². The van der Waals surface area contributed by atoms with Crippen LogP contribution in [0.25, 0.3) is 0 Å². The average molecular weight is 163 g/mol. The Bertz CT molecular complexity index is 365. The van der Waals surface area contributed by atoms with E-state index in [2.05, 4.69) is 10.9 Å². The second kappa shape index (κ2) is 3.14. The van der Waals surface area contributed by atoms with Crippen LogP contribution in [0.2, 0.25) is 0 Å². The largest absolute Gasteiger partial charge is 0.293 e. The van der Waals surface area contributed by atoms with Gasteiger partial charge in [0, 0.05) is 6.92 Å². The first-order chi connectivity index (χ1) is 5.65. The molecule has 60 valence electrons. The van der Waals surface area contributed by atoms with Gasteiger partial charge in [0.15, 0.2) is 11.6 Å². The fourth-order valence-electron chi connectivity index (χ4n) is 0.769. The monoisotopic (exact) mass is 163 g/mol. The standard InChI is InChI=1S/C9H6FNO/c1-3-7-4-5-8(10)9(11-7)6(2)12/h1,4-5H,2H3. The fraction of sp³-hybridized carbons (Fsp3) is 0.111. The molecule has 0 bridgehead atoms. The van der Waals surface area contributed by atoms with Crippen molar-refractivity contribution < 1.29 is 9.18 Å². The minimum Gasteiger partial charge on any atom is -0.293 e. The van der Waals surface area contributed by atoms with E-state index in [0.29, 0.717) is 0 Å². The number of nitrogens with zero attached hydrogens (tertiary/aromatic N) is 1. The maximum absolute atomic E-state index is 12.8. The molecular formula is C9H6FNO. The minimum atomic E-state index is -0.637.